The Morgan fingerprint density at radius 1 is 0.767 bits per heavy atom. The average Bonchev–Trinajstić information content (AvgIpc) is 2.76. The third-order valence-corrected chi connectivity index (χ3v) is 4.33. The second-order valence-corrected chi connectivity index (χ2v) is 6.78. The number of rotatable bonds is 9. The fraction of sp³-hybridized carbons (Fsp3) is 0.417. The van der Waals surface area contributed by atoms with Gasteiger partial charge in [0.25, 0.3) is 0 Å². The molecule has 2 rings (SSSR count). The van der Waals surface area contributed by atoms with Crippen molar-refractivity contribution in [3.8, 4) is 0 Å². The molecule has 0 fully saturated rings. The van der Waals surface area contributed by atoms with Crippen LogP contribution in [0.1, 0.15) is 66.7 Å². The number of aliphatic hydroxyl groups is 2. The van der Waals surface area contributed by atoms with Crippen LogP contribution in [0.5, 0.6) is 0 Å². The molecule has 0 aliphatic rings. The Balaban J connectivity index is 0.000000426. The molecule has 2 aromatic carbocycles. The molecule has 0 bridgehead atoms. The summed E-state index contributed by atoms with van der Waals surface area (Å²) in [6, 6.07) is 16.6. The number of carbonyl (C=O) groups is 2. The Morgan fingerprint density at radius 2 is 1.20 bits per heavy atom. The van der Waals surface area contributed by atoms with Crippen molar-refractivity contribution in [3.63, 3.8) is 0 Å². The highest BCUT2D eigenvalue weighted by Crippen LogP contribution is 2.15. The number of hydrogen-bond acceptors (Lipinski definition) is 4. The second kappa shape index (κ2) is 17.2. The Bertz CT molecular complexity index is 638. The summed E-state index contributed by atoms with van der Waals surface area (Å²) in [6.07, 6.45) is 4.69. The van der Waals surface area contributed by atoms with Crippen LogP contribution in [0, 0.1) is 5.92 Å². The van der Waals surface area contributed by atoms with E-state index in [4.69, 9.17) is 15.3 Å². The molecule has 6 heteroatoms. The lowest BCUT2D eigenvalue weighted by Crippen LogP contribution is -2.23. The second-order valence-electron chi connectivity index (χ2n) is 6.78. The number of aliphatic hydroxyl groups excluding tert-OH is 2. The molecule has 30 heavy (non-hydrogen) atoms. The van der Waals surface area contributed by atoms with Gasteiger partial charge in [0.15, 0.2) is 0 Å². The van der Waals surface area contributed by atoms with Gasteiger partial charge < -0.3 is 20.4 Å². The van der Waals surface area contributed by atoms with Gasteiger partial charge in [0.1, 0.15) is 0 Å². The standard InChI is InChI=1S/C10H22O2.2C7H6O2/c1-3-5-7-9(8-11)10(12)6-4-2;2*8-7(9)6-4-2-1-3-5-6/h9-12H,3-8H2,1-2H3;2*1-5H,(H,8,9). The van der Waals surface area contributed by atoms with Gasteiger partial charge in [0, 0.05) is 12.5 Å². The van der Waals surface area contributed by atoms with Crippen molar-refractivity contribution in [2.75, 3.05) is 6.61 Å². The van der Waals surface area contributed by atoms with Crippen molar-refractivity contribution in [1.82, 2.24) is 0 Å². The van der Waals surface area contributed by atoms with E-state index in [0.717, 1.165) is 32.1 Å². The van der Waals surface area contributed by atoms with E-state index in [-0.39, 0.29) is 18.6 Å². The summed E-state index contributed by atoms with van der Waals surface area (Å²) in [4.78, 5) is 20.4. The van der Waals surface area contributed by atoms with Crippen molar-refractivity contribution in [2.24, 2.45) is 5.92 Å². The first kappa shape index (κ1) is 27.3. The zero-order valence-corrected chi connectivity index (χ0v) is 17.8. The lowest BCUT2D eigenvalue weighted by Gasteiger charge is -2.19. The molecule has 2 atom stereocenters. The molecule has 2 unspecified atom stereocenters. The number of carboxylic acids is 2. The minimum Gasteiger partial charge on any atom is -0.478 e. The van der Waals surface area contributed by atoms with Crippen LogP contribution in [0.25, 0.3) is 0 Å². The summed E-state index contributed by atoms with van der Waals surface area (Å²) < 4.78 is 0. The first-order valence-corrected chi connectivity index (χ1v) is 10.2. The topological polar surface area (TPSA) is 115 Å². The van der Waals surface area contributed by atoms with Gasteiger partial charge in [0.05, 0.1) is 17.2 Å². The zero-order chi connectivity index (χ0) is 22.8. The molecule has 0 spiro atoms. The molecule has 0 aromatic heterocycles. The highest BCUT2D eigenvalue weighted by molar-refractivity contribution is 5.87. The molecule has 0 aliphatic heterocycles. The molecule has 4 N–H and O–H groups in total. The minimum absolute atomic E-state index is 0.102. The predicted molar refractivity (Wildman–Crippen MR) is 118 cm³/mol. The lowest BCUT2D eigenvalue weighted by molar-refractivity contribution is 0.0545. The molecule has 166 valence electrons. The van der Waals surface area contributed by atoms with Crippen LogP contribution in [0.4, 0.5) is 0 Å². The first-order chi connectivity index (χ1) is 14.4. The summed E-state index contributed by atoms with van der Waals surface area (Å²) in [5.41, 5.74) is 0.662. The van der Waals surface area contributed by atoms with Gasteiger partial charge in [-0.15, -0.1) is 0 Å². The Hall–Kier alpha value is -2.70. The number of hydrogen-bond donors (Lipinski definition) is 4. The average molecular weight is 419 g/mol. The van der Waals surface area contributed by atoms with E-state index in [0.29, 0.717) is 11.1 Å². The molecular formula is C24H34O6. The normalized spacial score (nSPS) is 11.7. The van der Waals surface area contributed by atoms with E-state index in [1.807, 2.05) is 0 Å². The van der Waals surface area contributed by atoms with Crippen molar-refractivity contribution >= 4 is 11.9 Å². The van der Waals surface area contributed by atoms with Gasteiger partial charge in [0.2, 0.25) is 0 Å². The number of carboxylic acid groups (broad SMARTS) is 2. The van der Waals surface area contributed by atoms with Gasteiger partial charge in [-0.2, -0.15) is 0 Å². The minimum atomic E-state index is -0.879. The van der Waals surface area contributed by atoms with Crippen molar-refractivity contribution in [1.29, 1.82) is 0 Å². The van der Waals surface area contributed by atoms with E-state index in [1.54, 1.807) is 60.7 Å². The van der Waals surface area contributed by atoms with Crippen LogP contribution in [0.3, 0.4) is 0 Å². The van der Waals surface area contributed by atoms with E-state index in [2.05, 4.69) is 13.8 Å². The molecule has 0 aliphatic carbocycles. The van der Waals surface area contributed by atoms with Crippen LogP contribution in [-0.2, 0) is 0 Å². The van der Waals surface area contributed by atoms with Crippen molar-refractivity contribution < 1.29 is 30.0 Å². The zero-order valence-electron chi connectivity index (χ0n) is 17.8. The summed E-state index contributed by atoms with van der Waals surface area (Å²) in [5.74, 6) is -1.66. The SMILES string of the molecule is CCCCC(CO)C(O)CCC.O=C(O)c1ccccc1.O=C(O)c1ccccc1. The summed E-state index contributed by atoms with van der Waals surface area (Å²) >= 11 is 0. The largest absolute Gasteiger partial charge is 0.478 e. The molecule has 0 heterocycles. The van der Waals surface area contributed by atoms with Crippen LogP contribution in [-0.4, -0.2) is 45.1 Å². The third kappa shape index (κ3) is 12.7. The molecule has 0 saturated heterocycles. The maximum absolute atomic E-state index is 10.2. The fourth-order valence-corrected chi connectivity index (χ4v) is 2.56. The highest BCUT2D eigenvalue weighted by atomic mass is 16.4. The molecule has 0 radical (unpaired) electrons. The maximum Gasteiger partial charge on any atom is 0.335 e. The van der Waals surface area contributed by atoms with Gasteiger partial charge >= 0.3 is 11.9 Å². The molecule has 0 saturated carbocycles. The van der Waals surface area contributed by atoms with Crippen LogP contribution >= 0.6 is 0 Å². The molecule has 2 aromatic rings. The Kier molecular flexibility index (Phi) is 15.6. The molecular weight excluding hydrogens is 384 g/mol. The number of unbranched alkanes of at least 4 members (excludes halogenated alkanes) is 1. The molecule has 6 nitrogen and oxygen atoms in total. The number of aromatic carboxylic acids is 2. The summed E-state index contributed by atoms with van der Waals surface area (Å²) in [5, 5.41) is 35.3. The Morgan fingerprint density at radius 3 is 1.47 bits per heavy atom. The van der Waals surface area contributed by atoms with Crippen LogP contribution in [0.15, 0.2) is 60.7 Å². The summed E-state index contributed by atoms with van der Waals surface area (Å²) in [6.45, 7) is 4.30. The van der Waals surface area contributed by atoms with E-state index in [9.17, 15) is 14.7 Å². The van der Waals surface area contributed by atoms with Gasteiger partial charge in [-0.25, -0.2) is 9.59 Å². The molecule has 0 amide bonds. The highest BCUT2D eigenvalue weighted by Gasteiger charge is 2.16. The first-order valence-electron chi connectivity index (χ1n) is 10.2. The number of benzene rings is 2. The van der Waals surface area contributed by atoms with Gasteiger partial charge in [-0.05, 0) is 37.1 Å². The van der Waals surface area contributed by atoms with Crippen LogP contribution in [0.2, 0.25) is 0 Å². The van der Waals surface area contributed by atoms with Crippen molar-refractivity contribution in [2.45, 2.75) is 52.1 Å². The fourth-order valence-electron chi connectivity index (χ4n) is 2.56. The van der Waals surface area contributed by atoms with Gasteiger partial charge in [-0.1, -0.05) is 69.5 Å². The van der Waals surface area contributed by atoms with E-state index >= 15 is 0 Å². The van der Waals surface area contributed by atoms with Gasteiger partial charge in [-0.3, -0.25) is 0 Å². The van der Waals surface area contributed by atoms with E-state index < -0.39 is 11.9 Å². The Labute approximate surface area is 178 Å². The summed E-state index contributed by atoms with van der Waals surface area (Å²) in [7, 11) is 0. The van der Waals surface area contributed by atoms with Crippen LogP contribution < -0.4 is 0 Å². The predicted octanol–water partition coefficient (Wildman–Crippen LogP) is 4.72. The quantitative estimate of drug-likeness (QED) is 0.468. The third-order valence-electron chi connectivity index (χ3n) is 4.33. The maximum atomic E-state index is 10.2. The van der Waals surface area contributed by atoms with Crippen molar-refractivity contribution in [3.05, 3.63) is 71.8 Å². The van der Waals surface area contributed by atoms with E-state index in [1.165, 1.54) is 0 Å². The lowest BCUT2D eigenvalue weighted by atomic mass is 9.94. The monoisotopic (exact) mass is 418 g/mol. The smallest absolute Gasteiger partial charge is 0.335 e.